The summed E-state index contributed by atoms with van der Waals surface area (Å²) in [4.78, 5) is 12.8. The topological polar surface area (TPSA) is 61.4 Å². The van der Waals surface area contributed by atoms with Gasteiger partial charge < -0.3 is 15.7 Å². The van der Waals surface area contributed by atoms with Crippen molar-refractivity contribution in [2.75, 3.05) is 13.1 Å². The van der Waals surface area contributed by atoms with Crippen LogP contribution >= 0.6 is 11.3 Å². The van der Waals surface area contributed by atoms with Gasteiger partial charge in [-0.15, -0.1) is 11.3 Å². The maximum Gasteiger partial charge on any atom is 0.237 e. The van der Waals surface area contributed by atoms with E-state index < -0.39 is 6.10 Å². The van der Waals surface area contributed by atoms with Gasteiger partial charge >= 0.3 is 0 Å². The zero-order valence-corrected chi connectivity index (χ0v) is 12.0. The van der Waals surface area contributed by atoms with Crippen molar-refractivity contribution in [2.24, 2.45) is 0 Å². The van der Waals surface area contributed by atoms with Crippen LogP contribution in [0.1, 0.15) is 23.8 Å². The van der Waals surface area contributed by atoms with E-state index in [0.29, 0.717) is 0 Å². The normalized spacial score (nSPS) is 20.1. The van der Waals surface area contributed by atoms with E-state index in [-0.39, 0.29) is 18.5 Å². The molecule has 5 heteroatoms. The molecule has 2 atom stereocenters. The molecule has 0 bridgehead atoms. The Kier molecular flexibility index (Phi) is 4.00. The molecule has 0 radical (unpaired) electrons. The molecule has 2 heterocycles. The quantitative estimate of drug-likeness (QED) is 0.804. The largest absolute Gasteiger partial charge is 0.386 e. The standard InChI is InChI=1S/C15H18N2O2S/c18-12(9-17-15(19)11-5-3-7-16-11)14-8-10-4-1-2-6-13(10)20-14/h1-2,4,6,8,11-12,16,18H,3,5,7,9H2,(H,17,19). The molecule has 1 aromatic carbocycles. The maximum absolute atomic E-state index is 11.9. The van der Waals surface area contributed by atoms with Gasteiger partial charge in [0.2, 0.25) is 5.91 Å². The van der Waals surface area contributed by atoms with Gasteiger partial charge in [0, 0.05) is 16.1 Å². The van der Waals surface area contributed by atoms with E-state index in [2.05, 4.69) is 10.6 Å². The molecule has 1 fully saturated rings. The molecule has 2 aromatic rings. The van der Waals surface area contributed by atoms with Crippen molar-refractivity contribution in [2.45, 2.75) is 25.0 Å². The molecule has 3 rings (SSSR count). The highest BCUT2D eigenvalue weighted by atomic mass is 32.1. The lowest BCUT2D eigenvalue weighted by Crippen LogP contribution is -2.41. The van der Waals surface area contributed by atoms with Gasteiger partial charge in [-0.1, -0.05) is 18.2 Å². The zero-order valence-electron chi connectivity index (χ0n) is 11.1. The van der Waals surface area contributed by atoms with Gasteiger partial charge in [-0.2, -0.15) is 0 Å². The predicted octanol–water partition coefficient (Wildman–Crippen LogP) is 1.80. The molecule has 106 valence electrons. The average molecular weight is 290 g/mol. The number of nitrogens with one attached hydrogen (secondary N) is 2. The SMILES string of the molecule is O=C(NCC(O)c1cc2ccccc2s1)C1CCCN1. The van der Waals surface area contributed by atoms with Gasteiger partial charge in [-0.3, -0.25) is 4.79 Å². The Morgan fingerprint density at radius 1 is 1.50 bits per heavy atom. The average Bonchev–Trinajstić information content (AvgIpc) is 3.12. The number of rotatable bonds is 4. The Morgan fingerprint density at radius 3 is 3.10 bits per heavy atom. The van der Waals surface area contributed by atoms with E-state index in [4.69, 9.17) is 0 Å². The Hall–Kier alpha value is -1.43. The van der Waals surface area contributed by atoms with Crippen LogP contribution in [0.3, 0.4) is 0 Å². The first-order chi connectivity index (χ1) is 9.74. The second-order valence-electron chi connectivity index (χ2n) is 5.10. The molecule has 1 aliphatic heterocycles. The van der Waals surface area contributed by atoms with Crippen LogP contribution in [0, 0.1) is 0 Å². The molecule has 4 nitrogen and oxygen atoms in total. The number of carbonyl (C=O) groups is 1. The minimum absolute atomic E-state index is 0.0114. The first-order valence-corrected chi connectivity index (χ1v) is 7.73. The fourth-order valence-electron chi connectivity index (χ4n) is 2.50. The number of hydrogen-bond donors (Lipinski definition) is 3. The summed E-state index contributed by atoms with van der Waals surface area (Å²) >= 11 is 1.57. The summed E-state index contributed by atoms with van der Waals surface area (Å²) in [5, 5.41) is 17.3. The monoisotopic (exact) mass is 290 g/mol. The third kappa shape index (κ3) is 2.85. The Morgan fingerprint density at radius 2 is 2.35 bits per heavy atom. The highest BCUT2D eigenvalue weighted by Gasteiger charge is 2.22. The fourth-order valence-corrected chi connectivity index (χ4v) is 3.55. The summed E-state index contributed by atoms with van der Waals surface area (Å²) in [6.07, 6.45) is 1.28. The number of amides is 1. The highest BCUT2D eigenvalue weighted by Crippen LogP contribution is 2.29. The Bertz CT molecular complexity index is 572. The van der Waals surface area contributed by atoms with Gasteiger partial charge in [0.1, 0.15) is 6.10 Å². The summed E-state index contributed by atoms with van der Waals surface area (Å²) in [5.41, 5.74) is 0. The van der Waals surface area contributed by atoms with Crippen LogP contribution < -0.4 is 10.6 Å². The van der Waals surface area contributed by atoms with Crippen LogP contribution in [0.4, 0.5) is 0 Å². The summed E-state index contributed by atoms with van der Waals surface area (Å²) in [7, 11) is 0. The minimum atomic E-state index is -0.641. The van der Waals surface area contributed by atoms with Crippen molar-refractivity contribution in [1.29, 1.82) is 0 Å². The molecule has 0 saturated carbocycles. The molecule has 1 saturated heterocycles. The molecule has 0 spiro atoms. The Balaban J connectivity index is 1.60. The van der Waals surface area contributed by atoms with E-state index in [1.165, 1.54) is 0 Å². The second kappa shape index (κ2) is 5.91. The van der Waals surface area contributed by atoms with Crippen LogP contribution in [0.2, 0.25) is 0 Å². The minimum Gasteiger partial charge on any atom is -0.386 e. The van der Waals surface area contributed by atoms with Gasteiger partial charge in [0.25, 0.3) is 0 Å². The number of aliphatic hydroxyl groups excluding tert-OH is 1. The van der Waals surface area contributed by atoms with Crippen LogP contribution in [0.25, 0.3) is 10.1 Å². The molecule has 3 N–H and O–H groups in total. The van der Waals surface area contributed by atoms with Crippen molar-refractivity contribution in [3.63, 3.8) is 0 Å². The van der Waals surface area contributed by atoms with E-state index in [9.17, 15) is 9.90 Å². The summed E-state index contributed by atoms with van der Waals surface area (Å²) in [6, 6.07) is 9.94. The van der Waals surface area contributed by atoms with E-state index in [0.717, 1.165) is 34.3 Å². The molecular weight excluding hydrogens is 272 g/mol. The number of carbonyl (C=O) groups excluding carboxylic acids is 1. The van der Waals surface area contributed by atoms with Crippen molar-refractivity contribution < 1.29 is 9.90 Å². The van der Waals surface area contributed by atoms with Crippen LogP contribution in [-0.2, 0) is 4.79 Å². The van der Waals surface area contributed by atoms with Gasteiger partial charge in [0.15, 0.2) is 0 Å². The number of hydrogen-bond acceptors (Lipinski definition) is 4. The van der Waals surface area contributed by atoms with Crippen LogP contribution in [-0.4, -0.2) is 30.1 Å². The predicted molar refractivity (Wildman–Crippen MR) is 80.8 cm³/mol. The first-order valence-electron chi connectivity index (χ1n) is 6.91. The van der Waals surface area contributed by atoms with E-state index in [1.54, 1.807) is 11.3 Å². The third-order valence-corrected chi connectivity index (χ3v) is 4.84. The van der Waals surface area contributed by atoms with Crippen molar-refractivity contribution in [3.05, 3.63) is 35.2 Å². The first kappa shape index (κ1) is 13.5. The summed E-state index contributed by atoms with van der Waals surface area (Å²) in [6.45, 7) is 1.17. The van der Waals surface area contributed by atoms with Gasteiger partial charge in [-0.25, -0.2) is 0 Å². The number of thiophene rings is 1. The van der Waals surface area contributed by atoms with E-state index >= 15 is 0 Å². The zero-order chi connectivity index (χ0) is 13.9. The van der Waals surface area contributed by atoms with Crippen molar-refractivity contribution in [1.82, 2.24) is 10.6 Å². The van der Waals surface area contributed by atoms with E-state index in [1.807, 2.05) is 30.3 Å². The molecule has 0 aliphatic carbocycles. The maximum atomic E-state index is 11.9. The fraction of sp³-hybridized carbons (Fsp3) is 0.400. The smallest absolute Gasteiger partial charge is 0.237 e. The third-order valence-electron chi connectivity index (χ3n) is 3.62. The van der Waals surface area contributed by atoms with Crippen molar-refractivity contribution in [3.8, 4) is 0 Å². The van der Waals surface area contributed by atoms with Gasteiger partial charge in [0.05, 0.1) is 6.04 Å². The second-order valence-corrected chi connectivity index (χ2v) is 6.21. The molecule has 2 unspecified atom stereocenters. The Labute approximate surface area is 121 Å². The van der Waals surface area contributed by atoms with Gasteiger partial charge in [-0.05, 0) is 36.9 Å². The van der Waals surface area contributed by atoms with Crippen molar-refractivity contribution >= 4 is 27.3 Å². The van der Waals surface area contributed by atoms with Crippen LogP contribution in [0.15, 0.2) is 30.3 Å². The number of fused-ring (bicyclic) bond motifs is 1. The molecule has 1 aliphatic rings. The number of aliphatic hydroxyl groups is 1. The molecular formula is C15H18N2O2S. The lowest BCUT2D eigenvalue weighted by molar-refractivity contribution is -0.123. The lowest BCUT2D eigenvalue weighted by atomic mass is 10.2. The molecule has 1 aromatic heterocycles. The molecule has 20 heavy (non-hydrogen) atoms. The highest BCUT2D eigenvalue weighted by molar-refractivity contribution is 7.19. The lowest BCUT2D eigenvalue weighted by Gasteiger charge is -2.13. The number of benzene rings is 1. The van der Waals surface area contributed by atoms with Crippen LogP contribution in [0.5, 0.6) is 0 Å². The summed E-state index contributed by atoms with van der Waals surface area (Å²) < 4.78 is 1.16. The molecule has 1 amide bonds. The summed E-state index contributed by atoms with van der Waals surface area (Å²) in [5.74, 6) is -0.0114.